The number of ketones is 2. The van der Waals surface area contributed by atoms with Gasteiger partial charge in [0.15, 0.2) is 9.84 Å². The third-order valence-corrected chi connectivity index (χ3v) is 10.8. The average molecular weight is 631 g/mol. The van der Waals surface area contributed by atoms with Gasteiger partial charge in [-0.15, -0.1) is 0 Å². The third kappa shape index (κ3) is 7.11. The highest BCUT2D eigenvalue weighted by atomic mass is 32.2. The molecule has 3 aromatic rings. The number of benzene rings is 2. The number of rotatable bonds is 14. The van der Waals surface area contributed by atoms with Crippen LogP contribution in [-0.2, 0) is 45.0 Å². The van der Waals surface area contributed by atoms with E-state index >= 15 is 0 Å². The molecule has 1 aliphatic carbocycles. The first-order valence-electron chi connectivity index (χ1n) is 14.8. The number of aromatic nitrogens is 2. The second-order valence-corrected chi connectivity index (χ2v) is 14.3. The van der Waals surface area contributed by atoms with Gasteiger partial charge in [-0.1, -0.05) is 76.3 Å². The Balaban J connectivity index is 1.77. The van der Waals surface area contributed by atoms with Gasteiger partial charge >= 0.3 is 0 Å². The van der Waals surface area contributed by atoms with Crippen molar-refractivity contribution in [3.63, 3.8) is 0 Å². The Morgan fingerprint density at radius 3 is 1.84 bits per heavy atom. The van der Waals surface area contributed by atoms with Crippen molar-refractivity contribution in [3.8, 4) is 0 Å². The van der Waals surface area contributed by atoms with Crippen LogP contribution in [0.25, 0.3) is 0 Å². The molecule has 1 unspecified atom stereocenters. The minimum absolute atomic E-state index is 0.0176. The van der Waals surface area contributed by atoms with Crippen LogP contribution in [0.5, 0.6) is 0 Å². The maximum absolute atomic E-state index is 13.7. The minimum atomic E-state index is -3.93. The van der Waals surface area contributed by atoms with Crippen LogP contribution in [0.1, 0.15) is 88.6 Å². The summed E-state index contributed by atoms with van der Waals surface area (Å²) in [5, 5.41) is 0. The molecule has 1 aliphatic rings. The van der Waals surface area contributed by atoms with Crippen LogP contribution in [0.3, 0.4) is 0 Å². The van der Waals surface area contributed by atoms with Crippen LogP contribution in [0.2, 0.25) is 0 Å². The molecular weight excluding hydrogens is 593 g/mol. The Kier molecular flexibility index (Phi) is 10.8. The third-order valence-electron chi connectivity index (χ3n) is 7.67. The summed E-state index contributed by atoms with van der Waals surface area (Å²) < 4.78 is 40.9. The quantitative estimate of drug-likeness (QED) is 0.193. The number of sulfone groups is 1. The average Bonchev–Trinajstić information content (AvgIpc) is 3.01. The van der Waals surface area contributed by atoms with Gasteiger partial charge in [-0.25, -0.2) is 18.4 Å². The highest BCUT2D eigenvalue weighted by Gasteiger charge is 2.34. The molecule has 0 N–H and O–H groups in total. The minimum Gasteiger partial charge on any atom is -0.287 e. The highest BCUT2D eigenvalue weighted by Crippen LogP contribution is 2.29. The first kappa shape index (κ1) is 33.1. The highest BCUT2D eigenvalue weighted by molar-refractivity contribution is 7.90. The predicted molar refractivity (Wildman–Crippen MR) is 174 cm³/mol. The number of unbranched alkanes of at least 4 members (excludes halogenated alkanes) is 2. The molecule has 4 rings (SSSR count). The maximum atomic E-state index is 13.7. The topological polar surface area (TPSA) is 111 Å². The van der Waals surface area contributed by atoms with E-state index < -0.39 is 38.0 Å². The molecule has 44 heavy (non-hydrogen) atoms. The van der Waals surface area contributed by atoms with Gasteiger partial charge in [-0.05, 0) is 67.5 Å². The van der Waals surface area contributed by atoms with Gasteiger partial charge in [0, 0.05) is 16.0 Å². The van der Waals surface area contributed by atoms with Gasteiger partial charge in [0.2, 0.25) is 11.6 Å². The van der Waals surface area contributed by atoms with Crippen LogP contribution in [0.4, 0.5) is 0 Å². The first-order valence-corrected chi connectivity index (χ1v) is 17.8. The first-order chi connectivity index (χ1) is 21.0. The van der Waals surface area contributed by atoms with E-state index in [0.29, 0.717) is 4.90 Å². The standard InChI is InChI=1S/C35H38N2O5S2/c1-6-10-12-24-14-17-26(18-15-24)44(41,42)22-30-29(21-43(40)31-19-16-25(13-11-7-2)20-23(31)5)36-32-33(37-30)35(39)28(9-4)27(8-3)34(32)38/h8-9,14-20H,3-4,6-7,10-13,21-22H2,1-2,5H3. The van der Waals surface area contributed by atoms with Gasteiger partial charge in [0.05, 0.1) is 38.6 Å². The number of allylic oxidation sites excluding steroid dienone is 4. The zero-order chi connectivity index (χ0) is 32.0. The fourth-order valence-electron chi connectivity index (χ4n) is 5.17. The Labute approximate surface area is 262 Å². The molecule has 1 heterocycles. The lowest BCUT2D eigenvalue weighted by atomic mass is 9.89. The van der Waals surface area contributed by atoms with Crippen molar-refractivity contribution >= 4 is 32.2 Å². The van der Waals surface area contributed by atoms with Crippen LogP contribution >= 0.6 is 0 Å². The number of Topliss-reactive ketones (excluding diaryl/α,β-unsaturated/α-hetero) is 2. The summed E-state index contributed by atoms with van der Waals surface area (Å²) in [5.74, 6) is -1.93. The van der Waals surface area contributed by atoms with Crippen molar-refractivity contribution in [2.24, 2.45) is 0 Å². The summed E-state index contributed by atoms with van der Waals surface area (Å²) in [6.45, 7) is 13.4. The number of carbonyl (C=O) groups excluding carboxylic acids is 2. The van der Waals surface area contributed by atoms with E-state index in [1.807, 2.05) is 25.1 Å². The summed E-state index contributed by atoms with van der Waals surface area (Å²) in [7, 11) is -5.57. The second-order valence-electron chi connectivity index (χ2n) is 10.9. The van der Waals surface area contributed by atoms with E-state index in [2.05, 4.69) is 37.0 Å². The van der Waals surface area contributed by atoms with Crippen molar-refractivity contribution < 1.29 is 22.2 Å². The van der Waals surface area contributed by atoms with Crippen molar-refractivity contribution in [2.75, 3.05) is 0 Å². The number of fused-ring (bicyclic) bond motifs is 1. The Morgan fingerprint density at radius 1 is 0.795 bits per heavy atom. The molecule has 0 aliphatic heterocycles. The van der Waals surface area contributed by atoms with Gasteiger partial charge in [0.1, 0.15) is 11.4 Å². The van der Waals surface area contributed by atoms with Crippen molar-refractivity contribution in [3.05, 3.63) is 118 Å². The van der Waals surface area contributed by atoms with E-state index in [4.69, 9.17) is 0 Å². The Morgan fingerprint density at radius 2 is 1.32 bits per heavy atom. The molecule has 0 fully saturated rings. The van der Waals surface area contributed by atoms with E-state index in [1.165, 1.54) is 12.2 Å². The largest absolute Gasteiger partial charge is 0.287 e. The zero-order valence-corrected chi connectivity index (χ0v) is 27.2. The van der Waals surface area contributed by atoms with E-state index in [0.717, 1.165) is 55.2 Å². The monoisotopic (exact) mass is 630 g/mol. The summed E-state index contributed by atoms with van der Waals surface area (Å²) in [5.41, 5.74) is 2.71. The molecule has 1 aromatic heterocycles. The number of hydrogen-bond donors (Lipinski definition) is 0. The van der Waals surface area contributed by atoms with E-state index in [9.17, 15) is 22.2 Å². The Hall–Kier alpha value is -3.82. The van der Waals surface area contributed by atoms with Crippen LogP contribution in [0, 0.1) is 6.92 Å². The molecule has 2 aromatic carbocycles. The molecule has 0 bridgehead atoms. The molecule has 0 saturated carbocycles. The van der Waals surface area contributed by atoms with E-state index in [1.54, 1.807) is 24.3 Å². The maximum Gasteiger partial charge on any atom is 0.214 e. The summed E-state index contributed by atoms with van der Waals surface area (Å²) in [4.78, 5) is 36.3. The molecule has 7 nitrogen and oxygen atoms in total. The number of nitrogens with zero attached hydrogens (tertiary/aromatic N) is 2. The molecule has 0 saturated heterocycles. The second kappa shape index (κ2) is 14.3. The fraction of sp³-hybridized carbons (Fsp3) is 0.314. The molecule has 0 amide bonds. The van der Waals surface area contributed by atoms with E-state index in [-0.39, 0.29) is 44.6 Å². The number of aryl methyl sites for hydroxylation is 3. The van der Waals surface area contributed by atoms with Gasteiger partial charge < -0.3 is 0 Å². The summed E-state index contributed by atoms with van der Waals surface area (Å²) in [6.07, 6.45) is 8.44. The number of carbonyl (C=O) groups is 2. The normalized spacial score (nSPS) is 14.0. The van der Waals surface area contributed by atoms with Crippen molar-refractivity contribution in [1.29, 1.82) is 0 Å². The van der Waals surface area contributed by atoms with Gasteiger partial charge in [-0.3, -0.25) is 13.8 Å². The predicted octanol–water partition coefficient (Wildman–Crippen LogP) is 6.80. The lowest BCUT2D eigenvalue weighted by Crippen LogP contribution is -2.26. The van der Waals surface area contributed by atoms with Crippen LogP contribution in [0.15, 0.2) is 88.7 Å². The molecule has 0 radical (unpaired) electrons. The van der Waals surface area contributed by atoms with Gasteiger partial charge in [0.25, 0.3) is 0 Å². The molecular formula is C35H38N2O5S2. The molecule has 9 heteroatoms. The lowest BCUT2D eigenvalue weighted by Gasteiger charge is -2.19. The lowest BCUT2D eigenvalue weighted by molar-refractivity contribution is 0.0972. The Bertz CT molecular complexity index is 1790. The molecule has 0 spiro atoms. The number of hydrogen-bond acceptors (Lipinski definition) is 7. The van der Waals surface area contributed by atoms with Crippen molar-refractivity contribution in [1.82, 2.24) is 9.97 Å². The zero-order valence-electron chi connectivity index (χ0n) is 25.5. The summed E-state index contributed by atoms with van der Waals surface area (Å²) >= 11 is 0. The summed E-state index contributed by atoms with van der Waals surface area (Å²) in [6, 6.07) is 12.5. The van der Waals surface area contributed by atoms with Gasteiger partial charge in [-0.2, -0.15) is 0 Å². The smallest absolute Gasteiger partial charge is 0.214 e. The SMILES string of the molecule is C=CC1=C(C=C)C(=O)c2nc(CS(=O)(=O)c3ccc(CCCC)cc3)c(CS(=O)c3ccc(CCCC)cc3C)nc2C1=O. The molecule has 230 valence electrons. The molecule has 1 atom stereocenters. The van der Waals surface area contributed by atoms with Crippen molar-refractivity contribution in [2.45, 2.75) is 80.6 Å². The fourth-order valence-corrected chi connectivity index (χ4v) is 7.75. The van der Waals surface area contributed by atoms with Crippen LogP contribution < -0.4 is 0 Å². The van der Waals surface area contributed by atoms with Crippen LogP contribution in [-0.4, -0.2) is 34.2 Å².